The van der Waals surface area contributed by atoms with Gasteiger partial charge in [0.25, 0.3) is 0 Å². The summed E-state index contributed by atoms with van der Waals surface area (Å²) in [5.74, 6) is 2.59. The molecule has 134 valence electrons. The summed E-state index contributed by atoms with van der Waals surface area (Å²) in [6.45, 7) is 12.5. The van der Waals surface area contributed by atoms with E-state index in [1.54, 1.807) is 0 Å². The van der Waals surface area contributed by atoms with Gasteiger partial charge in [-0.15, -0.1) is 0 Å². The minimum atomic E-state index is 0.771. The van der Waals surface area contributed by atoms with E-state index in [4.69, 9.17) is 9.73 Å². The molecule has 2 N–H and O–H groups in total. The quantitative estimate of drug-likeness (QED) is 0.428. The number of rotatable bonds is 7. The van der Waals surface area contributed by atoms with Crippen LogP contribution in [0.2, 0.25) is 0 Å². The Balaban J connectivity index is 1.66. The van der Waals surface area contributed by atoms with Crippen molar-refractivity contribution in [3.05, 3.63) is 0 Å². The Morgan fingerprint density at radius 2 is 1.96 bits per heavy atom. The third-order valence-corrected chi connectivity index (χ3v) is 5.16. The summed E-state index contributed by atoms with van der Waals surface area (Å²) in [5.41, 5.74) is 0. The summed E-state index contributed by atoms with van der Waals surface area (Å²) in [7, 11) is 0. The van der Waals surface area contributed by atoms with E-state index in [-0.39, 0.29) is 0 Å². The van der Waals surface area contributed by atoms with Crippen molar-refractivity contribution in [3.8, 4) is 0 Å². The zero-order chi connectivity index (χ0) is 16.3. The van der Waals surface area contributed by atoms with Crippen molar-refractivity contribution in [2.75, 3.05) is 52.5 Å². The van der Waals surface area contributed by atoms with Crippen LogP contribution >= 0.6 is 0 Å². The molecule has 0 radical (unpaired) electrons. The molecule has 23 heavy (non-hydrogen) atoms. The molecule has 5 heteroatoms. The van der Waals surface area contributed by atoms with Crippen LogP contribution in [0.4, 0.5) is 0 Å². The molecule has 1 saturated carbocycles. The van der Waals surface area contributed by atoms with E-state index in [1.165, 1.54) is 25.7 Å². The van der Waals surface area contributed by atoms with E-state index in [2.05, 4.69) is 29.4 Å². The van der Waals surface area contributed by atoms with Crippen LogP contribution in [0.1, 0.15) is 46.0 Å². The molecule has 2 atom stereocenters. The summed E-state index contributed by atoms with van der Waals surface area (Å²) < 4.78 is 5.39. The minimum Gasteiger partial charge on any atom is -0.379 e. The van der Waals surface area contributed by atoms with Gasteiger partial charge in [-0.3, -0.25) is 9.89 Å². The smallest absolute Gasteiger partial charge is 0.191 e. The Bertz CT molecular complexity index is 342. The van der Waals surface area contributed by atoms with E-state index >= 15 is 0 Å². The molecule has 1 saturated heterocycles. The second kappa shape index (κ2) is 10.9. The molecule has 2 aliphatic rings. The van der Waals surface area contributed by atoms with Crippen LogP contribution in [0.5, 0.6) is 0 Å². The Labute approximate surface area is 142 Å². The Kier molecular flexibility index (Phi) is 8.76. The van der Waals surface area contributed by atoms with Crippen molar-refractivity contribution >= 4 is 5.96 Å². The molecule has 2 unspecified atom stereocenters. The highest BCUT2D eigenvalue weighted by atomic mass is 16.5. The molecule has 0 aromatic carbocycles. The Hall–Kier alpha value is -0.810. The lowest BCUT2D eigenvalue weighted by Gasteiger charge is -2.27. The lowest BCUT2D eigenvalue weighted by molar-refractivity contribution is 0.0376. The molecule has 0 amide bonds. The van der Waals surface area contributed by atoms with Crippen molar-refractivity contribution in [1.82, 2.24) is 15.5 Å². The molecule has 0 aromatic heterocycles. The first kappa shape index (κ1) is 18.5. The average Bonchev–Trinajstić information content (AvgIpc) is 2.58. The summed E-state index contributed by atoms with van der Waals surface area (Å²) in [6, 6.07) is 0. The zero-order valence-electron chi connectivity index (χ0n) is 15.1. The van der Waals surface area contributed by atoms with Crippen molar-refractivity contribution in [3.63, 3.8) is 0 Å². The maximum atomic E-state index is 5.39. The van der Waals surface area contributed by atoms with Crippen LogP contribution in [-0.4, -0.2) is 63.3 Å². The second-order valence-corrected chi connectivity index (χ2v) is 6.98. The highest BCUT2D eigenvalue weighted by Gasteiger charge is 2.20. The van der Waals surface area contributed by atoms with Crippen LogP contribution in [0.15, 0.2) is 4.99 Å². The molecule has 1 aliphatic carbocycles. The number of nitrogens with one attached hydrogen (secondary N) is 2. The van der Waals surface area contributed by atoms with Crippen LogP contribution in [0, 0.1) is 11.8 Å². The van der Waals surface area contributed by atoms with Crippen molar-refractivity contribution in [1.29, 1.82) is 0 Å². The molecule has 2 rings (SSSR count). The monoisotopic (exact) mass is 324 g/mol. The normalized spacial score (nSPS) is 27.0. The number of aliphatic imine (C=N–C) groups is 1. The zero-order valence-corrected chi connectivity index (χ0v) is 15.1. The number of hydrogen-bond acceptors (Lipinski definition) is 3. The lowest BCUT2D eigenvalue weighted by Crippen LogP contribution is -2.41. The van der Waals surface area contributed by atoms with Crippen molar-refractivity contribution in [2.45, 2.75) is 46.0 Å². The van der Waals surface area contributed by atoms with Crippen LogP contribution in [-0.2, 0) is 4.74 Å². The largest absolute Gasteiger partial charge is 0.379 e. The molecule has 5 nitrogen and oxygen atoms in total. The maximum Gasteiger partial charge on any atom is 0.191 e. The number of morpholine rings is 1. The Morgan fingerprint density at radius 1 is 1.17 bits per heavy atom. The van der Waals surface area contributed by atoms with Gasteiger partial charge in [-0.2, -0.15) is 0 Å². The first-order chi connectivity index (χ1) is 11.3. The fourth-order valence-electron chi connectivity index (χ4n) is 3.55. The fourth-order valence-corrected chi connectivity index (χ4v) is 3.55. The highest BCUT2D eigenvalue weighted by molar-refractivity contribution is 5.79. The standard InChI is InChI=1S/C18H36N4O/c1-3-19-18(21-15-17-8-5-4-7-16(17)2)20-9-6-10-22-11-13-23-14-12-22/h16-17H,3-15H2,1-2H3,(H2,19,20,21). The van der Waals surface area contributed by atoms with Gasteiger partial charge < -0.3 is 15.4 Å². The molecule has 0 bridgehead atoms. The lowest BCUT2D eigenvalue weighted by atomic mass is 9.80. The van der Waals surface area contributed by atoms with Crippen molar-refractivity contribution in [2.24, 2.45) is 16.8 Å². The molecule has 1 heterocycles. The highest BCUT2D eigenvalue weighted by Crippen LogP contribution is 2.29. The second-order valence-electron chi connectivity index (χ2n) is 6.98. The number of ether oxygens (including phenoxy) is 1. The first-order valence-electron chi connectivity index (χ1n) is 9.62. The SMILES string of the molecule is CCNC(=NCC1CCCCC1C)NCCCN1CCOCC1. The van der Waals surface area contributed by atoms with Crippen LogP contribution in [0.3, 0.4) is 0 Å². The predicted octanol–water partition coefficient (Wildman–Crippen LogP) is 2.09. The summed E-state index contributed by atoms with van der Waals surface area (Å²) in [6.07, 6.45) is 6.67. The predicted molar refractivity (Wildman–Crippen MR) is 97.0 cm³/mol. The van der Waals surface area contributed by atoms with Gasteiger partial charge >= 0.3 is 0 Å². The molecular weight excluding hydrogens is 288 g/mol. The van der Waals surface area contributed by atoms with Gasteiger partial charge in [-0.1, -0.05) is 26.2 Å². The molecule has 0 aromatic rings. The van der Waals surface area contributed by atoms with Gasteiger partial charge in [0.05, 0.1) is 13.2 Å². The average molecular weight is 325 g/mol. The van der Waals surface area contributed by atoms with Gasteiger partial charge in [-0.05, 0) is 38.1 Å². The summed E-state index contributed by atoms with van der Waals surface area (Å²) in [4.78, 5) is 7.32. The van der Waals surface area contributed by atoms with Crippen LogP contribution in [0.25, 0.3) is 0 Å². The van der Waals surface area contributed by atoms with Gasteiger partial charge in [0.1, 0.15) is 0 Å². The van der Waals surface area contributed by atoms with Gasteiger partial charge in [-0.25, -0.2) is 0 Å². The third-order valence-electron chi connectivity index (χ3n) is 5.16. The first-order valence-corrected chi connectivity index (χ1v) is 9.62. The van der Waals surface area contributed by atoms with E-state index < -0.39 is 0 Å². The summed E-state index contributed by atoms with van der Waals surface area (Å²) in [5, 5.41) is 6.88. The van der Waals surface area contributed by atoms with Gasteiger partial charge in [0, 0.05) is 32.7 Å². The van der Waals surface area contributed by atoms with E-state index in [1.807, 2.05) is 0 Å². The van der Waals surface area contributed by atoms with Gasteiger partial charge in [0.15, 0.2) is 5.96 Å². The number of nitrogens with zero attached hydrogens (tertiary/aromatic N) is 2. The van der Waals surface area contributed by atoms with Crippen LogP contribution < -0.4 is 10.6 Å². The van der Waals surface area contributed by atoms with E-state index in [9.17, 15) is 0 Å². The number of guanidine groups is 1. The van der Waals surface area contributed by atoms with E-state index in [0.717, 1.165) is 76.7 Å². The molecular formula is C18H36N4O. The van der Waals surface area contributed by atoms with Crippen molar-refractivity contribution < 1.29 is 4.74 Å². The third kappa shape index (κ3) is 7.08. The van der Waals surface area contributed by atoms with E-state index in [0.29, 0.717) is 0 Å². The number of hydrogen-bond donors (Lipinski definition) is 2. The molecule has 0 spiro atoms. The Morgan fingerprint density at radius 3 is 2.70 bits per heavy atom. The fraction of sp³-hybridized carbons (Fsp3) is 0.944. The maximum absolute atomic E-state index is 5.39. The van der Waals surface area contributed by atoms with Gasteiger partial charge in [0.2, 0.25) is 0 Å². The molecule has 1 aliphatic heterocycles. The molecule has 2 fully saturated rings. The topological polar surface area (TPSA) is 48.9 Å². The summed E-state index contributed by atoms with van der Waals surface area (Å²) >= 11 is 0. The minimum absolute atomic E-state index is 0.771.